The van der Waals surface area contributed by atoms with Crippen LogP contribution in [-0.2, 0) is 0 Å². The van der Waals surface area contributed by atoms with Crippen molar-refractivity contribution in [3.05, 3.63) is 28.5 Å². The van der Waals surface area contributed by atoms with E-state index in [-0.39, 0.29) is 22.9 Å². The minimum atomic E-state index is -0.980. The maximum absolute atomic E-state index is 13.0. The Kier molecular flexibility index (Phi) is 3.69. The Balaban J connectivity index is 3.21. The second-order valence-corrected chi connectivity index (χ2v) is 3.14. The van der Waals surface area contributed by atoms with Crippen LogP contribution in [0.1, 0.15) is 11.7 Å². The van der Waals surface area contributed by atoms with Crippen LogP contribution in [0.5, 0.6) is 5.75 Å². The number of halogens is 2. The number of ether oxygens (including phenoxy) is 1. The molecular formula is C9H11ClFNO2. The van der Waals surface area contributed by atoms with E-state index in [0.29, 0.717) is 0 Å². The van der Waals surface area contributed by atoms with Crippen molar-refractivity contribution in [2.45, 2.75) is 6.10 Å². The van der Waals surface area contributed by atoms with Gasteiger partial charge in [-0.1, -0.05) is 11.6 Å². The van der Waals surface area contributed by atoms with Crippen molar-refractivity contribution in [1.29, 1.82) is 0 Å². The van der Waals surface area contributed by atoms with Gasteiger partial charge in [0.25, 0.3) is 0 Å². The third-order valence-corrected chi connectivity index (χ3v) is 2.24. The zero-order chi connectivity index (χ0) is 10.7. The molecule has 0 aliphatic carbocycles. The molecule has 3 N–H and O–H groups in total. The van der Waals surface area contributed by atoms with Crippen LogP contribution < -0.4 is 10.5 Å². The first kappa shape index (κ1) is 11.2. The van der Waals surface area contributed by atoms with Gasteiger partial charge in [0.2, 0.25) is 0 Å². The predicted octanol–water partition coefficient (Wildman–Crippen LogP) is 1.48. The van der Waals surface area contributed by atoms with Gasteiger partial charge >= 0.3 is 0 Å². The van der Waals surface area contributed by atoms with E-state index in [1.165, 1.54) is 7.11 Å². The van der Waals surface area contributed by atoms with E-state index >= 15 is 0 Å². The maximum Gasteiger partial charge on any atom is 0.140 e. The summed E-state index contributed by atoms with van der Waals surface area (Å²) in [6.07, 6.45) is -0.980. The van der Waals surface area contributed by atoms with Gasteiger partial charge in [0, 0.05) is 18.2 Å². The largest absolute Gasteiger partial charge is 0.495 e. The number of benzene rings is 1. The normalized spacial score (nSPS) is 12.6. The highest BCUT2D eigenvalue weighted by atomic mass is 35.5. The Hall–Kier alpha value is -0.840. The second kappa shape index (κ2) is 4.59. The Labute approximate surface area is 86.2 Å². The first-order valence-corrected chi connectivity index (χ1v) is 4.39. The summed E-state index contributed by atoms with van der Waals surface area (Å²) in [5.74, 6) is -0.331. The molecule has 0 aliphatic heterocycles. The van der Waals surface area contributed by atoms with Crippen molar-refractivity contribution in [2.24, 2.45) is 5.73 Å². The predicted molar refractivity (Wildman–Crippen MR) is 52.0 cm³/mol. The molecule has 0 aromatic heterocycles. The van der Waals surface area contributed by atoms with Gasteiger partial charge in [-0.15, -0.1) is 0 Å². The molecule has 1 unspecified atom stereocenters. The van der Waals surface area contributed by atoms with E-state index in [1.807, 2.05) is 0 Å². The lowest BCUT2D eigenvalue weighted by atomic mass is 10.1. The van der Waals surface area contributed by atoms with Crippen LogP contribution in [0.3, 0.4) is 0 Å². The average Bonchev–Trinajstić information content (AvgIpc) is 2.19. The van der Waals surface area contributed by atoms with Crippen LogP contribution >= 0.6 is 11.6 Å². The summed E-state index contributed by atoms with van der Waals surface area (Å²) in [6, 6.07) is 2.29. The molecule has 0 radical (unpaired) electrons. The standard InChI is InChI=1S/C9H11ClFNO2/c1-14-8-3-5(11)2-6(9(8)10)7(13)4-12/h2-3,7,13H,4,12H2,1H3. The van der Waals surface area contributed by atoms with Gasteiger partial charge in [-0.2, -0.15) is 0 Å². The number of hydrogen-bond acceptors (Lipinski definition) is 3. The van der Waals surface area contributed by atoms with Gasteiger partial charge in [0.05, 0.1) is 18.2 Å². The van der Waals surface area contributed by atoms with Crippen molar-refractivity contribution in [3.8, 4) is 5.75 Å². The summed E-state index contributed by atoms with van der Waals surface area (Å²) in [5.41, 5.74) is 5.48. The summed E-state index contributed by atoms with van der Waals surface area (Å²) in [7, 11) is 1.37. The average molecular weight is 220 g/mol. The smallest absolute Gasteiger partial charge is 0.140 e. The third kappa shape index (κ3) is 2.15. The molecule has 0 saturated carbocycles. The molecule has 0 spiro atoms. The highest BCUT2D eigenvalue weighted by Crippen LogP contribution is 2.32. The van der Waals surface area contributed by atoms with Crippen molar-refractivity contribution in [2.75, 3.05) is 13.7 Å². The lowest BCUT2D eigenvalue weighted by molar-refractivity contribution is 0.186. The lowest BCUT2D eigenvalue weighted by Gasteiger charge is -2.13. The number of rotatable bonds is 3. The molecule has 1 aromatic carbocycles. The number of hydrogen-bond donors (Lipinski definition) is 2. The van der Waals surface area contributed by atoms with E-state index < -0.39 is 11.9 Å². The topological polar surface area (TPSA) is 55.5 Å². The van der Waals surface area contributed by atoms with Crippen molar-refractivity contribution in [3.63, 3.8) is 0 Å². The molecule has 0 saturated heterocycles. The Morgan fingerprint density at radius 2 is 2.29 bits per heavy atom. The van der Waals surface area contributed by atoms with Crippen molar-refractivity contribution < 1.29 is 14.2 Å². The highest BCUT2D eigenvalue weighted by Gasteiger charge is 2.15. The molecule has 0 aliphatic rings. The van der Waals surface area contributed by atoms with E-state index in [2.05, 4.69) is 0 Å². The Morgan fingerprint density at radius 3 is 2.79 bits per heavy atom. The Morgan fingerprint density at radius 1 is 1.64 bits per heavy atom. The van der Waals surface area contributed by atoms with E-state index in [0.717, 1.165) is 12.1 Å². The molecule has 78 valence electrons. The zero-order valence-electron chi connectivity index (χ0n) is 7.63. The van der Waals surface area contributed by atoms with Crippen LogP contribution in [0.15, 0.2) is 12.1 Å². The van der Waals surface area contributed by atoms with E-state index in [4.69, 9.17) is 22.1 Å². The maximum atomic E-state index is 13.0. The lowest BCUT2D eigenvalue weighted by Crippen LogP contribution is -2.12. The highest BCUT2D eigenvalue weighted by molar-refractivity contribution is 6.32. The van der Waals surface area contributed by atoms with E-state index in [9.17, 15) is 9.50 Å². The SMILES string of the molecule is COc1cc(F)cc(C(O)CN)c1Cl. The van der Waals surface area contributed by atoms with Gasteiger partial charge in [0.15, 0.2) is 0 Å². The van der Waals surface area contributed by atoms with Crippen LogP contribution in [0.2, 0.25) is 5.02 Å². The molecule has 3 nitrogen and oxygen atoms in total. The fourth-order valence-corrected chi connectivity index (χ4v) is 1.41. The van der Waals surface area contributed by atoms with Gasteiger partial charge in [-0.3, -0.25) is 0 Å². The van der Waals surface area contributed by atoms with Crippen LogP contribution in [-0.4, -0.2) is 18.8 Å². The van der Waals surface area contributed by atoms with Crippen LogP contribution in [0.4, 0.5) is 4.39 Å². The zero-order valence-corrected chi connectivity index (χ0v) is 8.38. The van der Waals surface area contributed by atoms with Gasteiger partial charge < -0.3 is 15.6 Å². The van der Waals surface area contributed by atoms with Gasteiger partial charge in [-0.25, -0.2) is 4.39 Å². The number of methoxy groups -OCH3 is 1. The minimum absolute atomic E-state index is 0.0215. The second-order valence-electron chi connectivity index (χ2n) is 2.76. The van der Waals surface area contributed by atoms with E-state index in [1.54, 1.807) is 0 Å². The summed E-state index contributed by atoms with van der Waals surface area (Å²) in [6.45, 7) is -0.0215. The van der Waals surface area contributed by atoms with Crippen molar-refractivity contribution >= 4 is 11.6 Å². The third-order valence-electron chi connectivity index (χ3n) is 1.83. The molecule has 0 bridgehead atoms. The summed E-state index contributed by atoms with van der Waals surface area (Å²) < 4.78 is 17.8. The minimum Gasteiger partial charge on any atom is -0.495 e. The summed E-state index contributed by atoms with van der Waals surface area (Å²) >= 11 is 5.85. The van der Waals surface area contributed by atoms with Crippen LogP contribution in [0.25, 0.3) is 0 Å². The number of nitrogens with two attached hydrogens (primary N) is 1. The first-order chi connectivity index (χ1) is 6.60. The monoisotopic (exact) mass is 219 g/mol. The van der Waals surface area contributed by atoms with Gasteiger partial charge in [-0.05, 0) is 6.07 Å². The number of aliphatic hydroxyl groups is 1. The quantitative estimate of drug-likeness (QED) is 0.810. The summed E-state index contributed by atoms with van der Waals surface area (Å²) in [4.78, 5) is 0. The Bertz CT molecular complexity index is 333. The molecular weight excluding hydrogens is 209 g/mol. The molecule has 0 heterocycles. The molecule has 5 heteroatoms. The summed E-state index contributed by atoms with van der Waals surface area (Å²) in [5, 5.41) is 9.61. The molecule has 0 amide bonds. The fourth-order valence-electron chi connectivity index (χ4n) is 1.10. The van der Waals surface area contributed by atoms with Crippen molar-refractivity contribution in [1.82, 2.24) is 0 Å². The molecule has 1 aromatic rings. The molecule has 14 heavy (non-hydrogen) atoms. The van der Waals surface area contributed by atoms with Crippen LogP contribution in [0, 0.1) is 5.82 Å². The number of aliphatic hydroxyl groups excluding tert-OH is 1. The first-order valence-electron chi connectivity index (χ1n) is 4.01. The molecule has 1 rings (SSSR count). The molecule has 1 atom stereocenters. The van der Waals surface area contributed by atoms with Gasteiger partial charge in [0.1, 0.15) is 11.6 Å². The molecule has 0 fully saturated rings. The fraction of sp³-hybridized carbons (Fsp3) is 0.333.